The molecule has 5 heterocycles. The number of carbonyl (C=O) groups is 1. The molecule has 0 atom stereocenters. The highest BCUT2D eigenvalue weighted by Gasteiger charge is 2.25. The van der Waals surface area contributed by atoms with Gasteiger partial charge in [0.25, 0.3) is 5.91 Å². The Morgan fingerprint density at radius 2 is 1.79 bits per heavy atom. The molecule has 34 heavy (non-hydrogen) atoms. The Morgan fingerprint density at radius 3 is 2.50 bits per heavy atom. The molecule has 178 valence electrons. The van der Waals surface area contributed by atoms with Crippen molar-refractivity contribution < 1.29 is 14.3 Å². The molecule has 0 unspecified atom stereocenters. The second-order valence-corrected chi connectivity index (χ2v) is 8.47. The van der Waals surface area contributed by atoms with Crippen LogP contribution in [0, 0.1) is 6.92 Å². The molecule has 0 saturated carbocycles. The van der Waals surface area contributed by atoms with E-state index in [-0.39, 0.29) is 11.9 Å². The maximum Gasteiger partial charge on any atom is 0.257 e. The number of hydrogen-bond donors (Lipinski definition) is 0. The van der Waals surface area contributed by atoms with Crippen LogP contribution >= 0.6 is 0 Å². The number of pyridine rings is 1. The van der Waals surface area contributed by atoms with Crippen molar-refractivity contribution in [3.05, 3.63) is 53.9 Å². The van der Waals surface area contributed by atoms with Crippen molar-refractivity contribution in [1.29, 1.82) is 0 Å². The maximum atomic E-state index is 12.6. The average molecular weight is 465 g/mol. The first-order valence-electron chi connectivity index (χ1n) is 11.6. The number of aromatic nitrogens is 6. The third kappa shape index (κ3) is 5.14. The Bertz CT molecular complexity index is 1090. The van der Waals surface area contributed by atoms with E-state index in [1.165, 1.54) is 0 Å². The van der Waals surface area contributed by atoms with Crippen molar-refractivity contribution in [2.45, 2.75) is 32.4 Å². The molecule has 2 fully saturated rings. The molecule has 3 aromatic rings. The van der Waals surface area contributed by atoms with E-state index in [4.69, 9.17) is 9.47 Å². The fourth-order valence-corrected chi connectivity index (χ4v) is 4.09. The Labute approximate surface area is 197 Å². The SMILES string of the molecule is Cc1ccc(OCc2cnn(C3CCN(c4ncc(C(=O)N5CCOCC5)cn4)CC3)n2)cn1. The second-order valence-electron chi connectivity index (χ2n) is 8.47. The van der Waals surface area contributed by atoms with Crippen LogP contribution < -0.4 is 9.64 Å². The molecule has 11 nitrogen and oxygen atoms in total. The Balaban J connectivity index is 1.12. The molecule has 0 aromatic carbocycles. The van der Waals surface area contributed by atoms with Gasteiger partial charge in [0.1, 0.15) is 18.1 Å². The van der Waals surface area contributed by atoms with Gasteiger partial charge < -0.3 is 19.3 Å². The van der Waals surface area contributed by atoms with Crippen LogP contribution in [0.5, 0.6) is 5.75 Å². The summed E-state index contributed by atoms with van der Waals surface area (Å²) in [7, 11) is 0. The van der Waals surface area contributed by atoms with Crippen LogP contribution in [-0.4, -0.2) is 80.1 Å². The number of nitrogens with zero attached hydrogens (tertiary/aromatic N) is 8. The van der Waals surface area contributed by atoms with E-state index in [1.807, 2.05) is 19.1 Å². The van der Waals surface area contributed by atoms with Crippen LogP contribution in [0.4, 0.5) is 5.95 Å². The zero-order valence-electron chi connectivity index (χ0n) is 19.2. The summed E-state index contributed by atoms with van der Waals surface area (Å²) >= 11 is 0. The van der Waals surface area contributed by atoms with E-state index in [1.54, 1.807) is 34.5 Å². The summed E-state index contributed by atoms with van der Waals surface area (Å²) in [5, 5.41) is 9.05. The minimum atomic E-state index is -0.0447. The molecule has 2 aliphatic rings. The zero-order valence-corrected chi connectivity index (χ0v) is 19.2. The van der Waals surface area contributed by atoms with E-state index in [2.05, 4.69) is 30.0 Å². The van der Waals surface area contributed by atoms with Gasteiger partial charge in [0.15, 0.2) is 0 Å². The number of aryl methyl sites for hydroxylation is 1. The fourth-order valence-electron chi connectivity index (χ4n) is 4.09. The molecule has 1 amide bonds. The molecule has 0 bridgehead atoms. The van der Waals surface area contributed by atoms with E-state index < -0.39 is 0 Å². The standard InChI is InChI=1S/C23H28N8O3/c1-17-2-3-21(15-24-17)34-16-19-14-27-31(28-19)20-4-6-30(7-5-20)23-25-12-18(13-26-23)22(32)29-8-10-33-11-9-29/h2-3,12-15,20H,4-11,16H2,1H3. The highest BCUT2D eigenvalue weighted by atomic mass is 16.5. The third-order valence-electron chi connectivity index (χ3n) is 6.08. The quantitative estimate of drug-likeness (QED) is 0.538. The lowest BCUT2D eigenvalue weighted by Crippen LogP contribution is -2.41. The third-order valence-corrected chi connectivity index (χ3v) is 6.08. The topological polar surface area (TPSA) is 111 Å². The lowest BCUT2D eigenvalue weighted by molar-refractivity contribution is 0.0302. The van der Waals surface area contributed by atoms with Crippen molar-refractivity contribution in [3.63, 3.8) is 0 Å². The van der Waals surface area contributed by atoms with Gasteiger partial charge in [0.2, 0.25) is 5.95 Å². The van der Waals surface area contributed by atoms with Crippen molar-refractivity contribution in [2.75, 3.05) is 44.3 Å². The highest BCUT2D eigenvalue weighted by Crippen LogP contribution is 2.24. The van der Waals surface area contributed by atoms with Crippen LogP contribution in [0.25, 0.3) is 0 Å². The predicted octanol–water partition coefficient (Wildman–Crippen LogP) is 1.66. The van der Waals surface area contributed by atoms with E-state index in [0.29, 0.717) is 50.2 Å². The molecule has 0 N–H and O–H groups in total. The van der Waals surface area contributed by atoms with Crippen molar-refractivity contribution >= 4 is 11.9 Å². The molecule has 11 heteroatoms. The van der Waals surface area contributed by atoms with Crippen LogP contribution in [0.15, 0.2) is 36.9 Å². The maximum absolute atomic E-state index is 12.6. The van der Waals surface area contributed by atoms with Gasteiger partial charge >= 0.3 is 0 Å². The molecule has 2 aliphatic heterocycles. The first-order chi connectivity index (χ1) is 16.7. The number of ether oxygens (including phenoxy) is 2. The summed E-state index contributed by atoms with van der Waals surface area (Å²) < 4.78 is 11.1. The molecular formula is C23H28N8O3. The van der Waals surface area contributed by atoms with E-state index in [9.17, 15) is 4.79 Å². The summed E-state index contributed by atoms with van der Waals surface area (Å²) in [5.41, 5.74) is 2.25. The smallest absolute Gasteiger partial charge is 0.257 e. The lowest BCUT2D eigenvalue weighted by atomic mass is 10.1. The van der Waals surface area contributed by atoms with Gasteiger partial charge in [0.05, 0.1) is 37.2 Å². The van der Waals surface area contributed by atoms with Crippen LogP contribution in [-0.2, 0) is 11.3 Å². The monoisotopic (exact) mass is 464 g/mol. The van der Waals surface area contributed by atoms with Crippen molar-refractivity contribution in [1.82, 2.24) is 34.8 Å². The number of rotatable bonds is 6. The summed E-state index contributed by atoms with van der Waals surface area (Å²) in [4.78, 5) is 31.4. The summed E-state index contributed by atoms with van der Waals surface area (Å²) in [5.74, 6) is 1.31. The zero-order chi connectivity index (χ0) is 23.3. The van der Waals surface area contributed by atoms with Crippen molar-refractivity contribution in [3.8, 4) is 5.75 Å². The minimum absolute atomic E-state index is 0.0447. The Hall–Kier alpha value is -3.60. The average Bonchev–Trinajstić information content (AvgIpc) is 3.38. The van der Waals surface area contributed by atoms with Gasteiger partial charge in [-0.05, 0) is 31.9 Å². The molecule has 0 spiro atoms. The van der Waals surface area contributed by atoms with Crippen LogP contribution in [0.1, 0.15) is 40.6 Å². The number of carbonyl (C=O) groups excluding carboxylic acids is 1. The van der Waals surface area contributed by atoms with Crippen LogP contribution in [0.2, 0.25) is 0 Å². The Morgan fingerprint density at radius 1 is 1.03 bits per heavy atom. The van der Waals surface area contributed by atoms with Crippen molar-refractivity contribution in [2.24, 2.45) is 0 Å². The number of hydrogen-bond acceptors (Lipinski definition) is 9. The summed E-state index contributed by atoms with van der Waals surface area (Å²) in [6.07, 6.45) is 8.47. The molecule has 0 radical (unpaired) electrons. The Kier molecular flexibility index (Phi) is 6.61. The molecule has 3 aromatic heterocycles. The molecule has 2 saturated heterocycles. The number of piperidine rings is 1. The van der Waals surface area contributed by atoms with Gasteiger partial charge in [-0.25, -0.2) is 9.97 Å². The molecule has 5 rings (SSSR count). The minimum Gasteiger partial charge on any atom is -0.486 e. The highest BCUT2D eigenvalue weighted by molar-refractivity contribution is 5.93. The van der Waals surface area contributed by atoms with Gasteiger partial charge in [-0.15, -0.1) is 0 Å². The van der Waals surface area contributed by atoms with Gasteiger partial charge in [0, 0.05) is 44.3 Å². The first-order valence-corrected chi connectivity index (χ1v) is 11.6. The second kappa shape index (κ2) is 10.1. The van der Waals surface area contributed by atoms with Crippen LogP contribution in [0.3, 0.4) is 0 Å². The largest absolute Gasteiger partial charge is 0.486 e. The van der Waals surface area contributed by atoms with E-state index >= 15 is 0 Å². The van der Waals surface area contributed by atoms with Gasteiger partial charge in [-0.3, -0.25) is 9.78 Å². The van der Waals surface area contributed by atoms with Gasteiger partial charge in [-0.2, -0.15) is 15.0 Å². The van der Waals surface area contributed by atoms with Gasteiger partial charge in [-0.1, -0.05) is 0 Å². The fraction of sp³-hybridized carbons (Fsp3) is 0.478. The normalized spacial score (nSPS) is 17.1. The molecule has 0 aliphatic carbocycles. The first kappa shape index (κ1) is 22.2. The summed E-state index contributed by atoms with van der Waals surface area (Å²) in [6.45, 7) is 6.24. The number of amides is 1. The summed E-state index contributed by atoms with van der Waals surface area (Å²) in [6, 6.07) is 4.03. The number of morpholine rings is 1. The molecular weight excluding hydrogens is 436 g/mol. The predicted molar refractivity (Wildman–Crippen MR) is 123 cm³/mol. The van der Waals surface area contributed by atoms with E-state index in [0.717, 1.165) is 37.3 Å². The number of anilines is 1. The lowest BCUT2D eigenvalue weighted by Gasteiger charge is -2.31.